The quantitative estimate of drug-likeness (QED) is 0.906. The van der Waals surface area contributed by atoms with E-state index in [0.717, 1.165) is 31.4 Å². The molecule has 8 heteroatoms. The number of benzene rings is 1. The van der Waals surface area contributed by atoms with Crippen molar-refractivity contribution in [3.8, 4) is 5.75 Å². The normalized spacial score (nSPS) is 18.3. The molecule has 1 aromatic carbocycles. The van der Waals surface area contributed by atoms with Crippen LogP contribution in [0.3, 0.4) is 0 Å². The highest BCUT2D eigenvalue weighted by atomic mass is 35.5. The number of hydrogen-bond acceptors (Lipinski definition) is 3. The molecule has 0 radical (unpaired) electrons. The van der Waals surface area contributed by atoms with Gasteiger partial charge in [0.05, 0.1) is 5.56 Å². The Bertz CT molecular complexity index is 508. The smallest absolute Gasteiger partial charge is 0.416 e. The van der Waals surface area contributed by atoms with Gasteiger partial charge in [-0.3, -0.25) is 4.79 Å². The van der Waals surface area contributed by atoms with E-state index in [1.165, 1.54) is 12.1 Å². The Morgan fingerprint density at radius 3 is 2.48 bits per heavy atom. The lowest BCUT2D eigenvalue weighted by Gasteiger charge is -2.34. The number of nitrogens with two attached hydrogens (primary N) is 1. The summed E-state index contributed by atoms with van der Waals surface area (Å²) >= 11 is 0. The molecule has 1 saturated heterocycles. The zero-order chi connectivity index (χ0) is 16.2. The second-order valence-electron chi connectivity index (χ2n) is 5.28. The van der Waals surface area contributed by atoms with Crippen LogP contribution >= 0.6 is 12.4 Å². The number of hydrogen-bond donors (Lipinski definition) is 1. The average molecular weight is 353 g/mol. The third kappa shape index (κ3) is 5.28. The van der Waals surface area contributed by atoms with Gasteiger partial charge in [-0.2, -0.15) is 13.2 Å². The zero-order valence-electron chi connectivity index (χ0n) is 12.5. The maximum Gasteiger partial charge on any atom is 0.416 e. The molecule has 4 nitrogen and oxygen atoms in total. The summed E-state index contributed by atoms with van der Waals surface area (Å²) in [6.45, 7) is 0.866. The van der Waals surface area contributed by atoms with Crippen LogP contribution in [0.2, 0.25) is 0 Å². The summed E-state index contributed by atoms with van der Waals surface area (Å²) in [6, 6.07) is 4.32. The standard InChI is InChI=1S/C15H19F3N2O2.ClH/c16-15(17,18)11-4-6-13(7-5-11)22-10-14(21)20-8-2-1-3-12(20)9-19;/h4-7,12H,1-3,8-10,19H2;1H. The predicted molar refractivity (Wildman–Crippen MR) is 82.6 cm³/mol. The minimum Gasteiger partial charge on any atom is -0.484 e. The highest BCUT2D eigenvalue weighted by Crippen LogP contribution is 2.30. The summed E-state index contributed by atoms with van der Waals surface area (Å²) in [5, 5.41) is 0. The monoisotopic (exact) mass is 352 g/mol. The summed E-state index contributed by atoms with van der Waals surface area (Å²) in [6.07, 6.45) is -1.52. The van der Waals surface area contributed by atoms with E-state index in [4.69, 9.17) is 10.5 Å². The molecule has 1 aromatic rings. The van der Waals surface area contributed by atoms with Crippen molar-refractivity contribution in [2.24, 2.45) is 5.73 Å². The fourth-order valence-electron chi connectivity index (χ4n) is 2.54. The van der Waals surface area contributed by atoms with Crippen molar-refractivity contribution >= 4 is 18.3 Å². The Kier molecular flexibility index (Phi) is 7.15. The predicted octanol–water partition coefficient (Wildman–Crippen LogP) is 2.85. The topological polar surface area (TPSA) is 55.6 Å². The van der Waals surface area contributed by atoms with Crippen LogP contribution in [0.25, 0.3) is 0 Å². The molecule has 1 atom stereocenters. The third-order valence-electron chi connectivity index (χ3n) is 3.76. The number of amides is 1. The number of rotatable bonds is 4. The molecule has 0 saturated carbocycles. The number of piperidine rings is 1. The van der Waals surface area contributed by atoms with Gasteiger partial charge in [-0.05, 0) is 43.5 Å². The van der Waals surface area contributed by atoms with Gasteiger partial charge < -0.3 is 15.4 Å². The van der Waals surface area contributed by atoms with Gasteiger partial charge in [-0.15, -0.1) is 12.4 Å². The molecular weight excluding hydrogens is 333 g/mol. The minimum atomic E-state index is -4.38. The Morgan fingerprint density at radius 1 is 1.26 bits per heavy atom. The highest BCUT2D eigenvalue weighted by molar-refractivity contribution is 5.85. The number of likely N-dealkylation sites (tertiary alicyclic amines) is 1. The van der Waals surface area contributed by atoms with E-state index >= 15 is 0 Å². The van der Waals surface area contributed by atoms with Crippen LogP contribution in [0.5, 0.6) is 5.75 Å². The van der Waals surface area contributed by atoms with E-state index in [9.17, 15) is 18.0 Å². The Hall–Kier alpha value is -1.47. The molecule has 1 aliphatic heterocycles. The van der Waals surface area contributed by atoms with Crippen LogP contribution in [0.1, 0.15) is 24.8 Å². The van der Waals surface area contributed by atoms with Gasteiger partial charge >= 0.3 is 6.18 Å². The maximum atomic E-state index is 12.4. The molecular formula is C15H20ClF3N2O2. The first kappa shape index (κ1) is 19.6. The van der Waals surface area contributed by atoms with Gasteiger partial charge in [0, 0.05) is 19.1 Å². The summed E-state index contributed by atoms with van der Waals surface area (Å²) in [7, 11) is 0. The molecule has 0 spiro atoms. The second-order valence-corrected chi connectivity index (χ2v) is 5.28. The van der Waals surface area contributed by atoms with E-state index < -0.39 is 11.7 Å². The Morgan fingerprint density at radius 2 is 1.91 bits per heavy atom. The lowest BCUT2D eigenvalue weighted by atomic mass is 10.0. The average Bonchev–Trinajstić information content (AvgIpc) is 2.52. The molecule has 1 unspecified atom stereocenters. The van der Waals surface area contributed by atoms with Crippen LogP contribution in [-0.4, -0.2) is 36.5 Å². The van der Waals surface area contributed by atoms with E-state index in [0.29, 0.717) is 13.1 Å². The third-order valence-corrected chi connectivity index (χ3v) is 3.76. The van der Waals surface area contributed by atoms with E-state index in [2.05, 4.69) is 0 Å². The van der Waals surface area contributed by atoms with Crippen LogP contribution in [-0.2, 0) is 11.0 Å². The molecule has 1 aliphatic rings. The maximum absolute atomic E-state index is 12.4. The number of nitrogens with zero attached hydrogens (tertiary/aromatic N) is 1. The van der Waals surface area contributed by atoms with Crippen molar-refractivity contribution < 1.29 is 22.7 Å². The van der Waals surface area contributed by atoms with Crippen LogP contribution < -0.4 is 10.5 Å². The van der Waals surface area contributed by atoms with Crippen molar-refractivity contribution in [3.05, 3.63) is 29.8 Å². The molecule has 130 valence electrons. The van der Waals surface area contributed by atoms with Crippen molar-refractivity contribution in [2.45, 2.75) is 31.5 Å². The lowest BCUT2D eigenvalue weighted by Crippen LogP contribution is -2.49. The number of halogens is 4. The van der Waals surface area contributed by atoms with Crippen molar-refractivity contribution in [1.82, 2.24) is 4.90 Å². The first-order valence-electron chi connectivity index (χ1n) is 7.21. The zero-order valence-corrected chi connectivity index (χ0v) is 13.3. The molecule has 23 heavy (non-hydrogen) atoms. The van der Waals surface area contributed by atoms with Crippen molar-refractivity contribution in [1.29, 1.82) is 0 Å². The van der Waals surface area contributed by atoms with Crippen molar-refractivity contribution in [3.63, 3.8) is 0 Å². The van der Waals surface area contributed by atoms with Gasteiger partial charge in [-0.1, -0.05) is 0 Å². The fraction of sp³-hybridized carbons (Fsp3) is 0.533. The van der Waals surface area contributed by atoms with Gasteiger partial charge in [0.1, 0.15) is 5.75 Å². The van der Waals surface area contributed by atoms with E-state index in [1.54, 1.807) is 4.90 Å². The number of alkyl halides is 3. The van der Waals surface area contributed by atoms with Gasteiger partial charge in [0.2, 0.25) is 0 Å². The van der Waals surface area contributed by atoms with Gasteiger partial charge in [0.15, 0.2) is 6.61 Å². The first-order chi connectivity index (χ1) is 10.4. The van der Waals surface area contributed by atoms with Crippen molar-refractivity contribution in [2.75, 3.05) is 19.7 Å². The number of ether oxygens (including phenoxy) is 1. The summed E-state index contributed by atoms with van der Waals surface area (Å²) < 4.78 is 42.6. The van der Waals surface area contributed by atoms with E-state index in [-0.39, 0.29) is 36.7 Å². The van der Waals surface area contributed by atoms with Gasteiger partial charge in [-0.25, -0.2) is 0 Å². The first-order valence-corrected chi connectivity index (χ1v) is 7.21. The minimum absolute atomic E-state index is 0. The molecule has 0 bridgehead atoms. The molecule has 1 heterocycles. The van der Waals surface area contributed by atoms with Gasteiger partial charge in [0.25, 0.3) is 5.91 Å². The molecule has 1 fully saturated rings. The number of carbonyl (C=O) groups is 1. The lowest BCUT2D eigenvalue weighted by molar-refractivity contribution is -0.138. The summed E-state index contributed by atoms with van der Waals surface area (Å²) in [5.74, 6) is 0.0534. The number of carbonyl (C=O) groups excluding carboxylic acids is 1. The Labute approximate surface area is 139 Å². The van der Waals surface area contributed by atoms with Crippen LogP contribution in [0.4, 0.5) is 13.2 Å². The van der Waals surface area contributed by atoms with Crippen LogP contribution in [0, 0.1) is 0 Å². The largest absolute Gasteiger partial charge is 0.484 e. The molecule has 0 aromatic heterocycles. The fourth-order valence-corrected chi connectivity index (χ4v) is 2.54. The molecule has 1 amide bonds. The summed E-state index contributed by atoms with van der Waals surface area (Å²) in [5.41, 5.74) is 4.91. The van der Waals surface area contributed by atoms with E-state index in [1.807, 2.05) is 0 Å². The summed E-state index contributed by atoms with van der Waals surface area (Å²) in [4.78, 5) is 13.8. The highest BCUT2D eigenvalue weighted by Gasteiger charge is 2.30. The molecule has 2 N–H and O–H groups in total. The van der Waals surface area contributed by atoms with Crippen LogP contribution in [0.15, 0.2) is 24.3 Å². The SMILES string of the molecule is Cl.NCC1CCCCN1C(=O)COc1ccc(C(F)(F)F)cc1. The molecule has 2 rings (SSSR count). The molecule has 0 aliphatic carbocycles. The second kappa shape index (κ2) is 8.40. The Balaban J connectivity index is 0.00000264.